The third-order valence-electron chi connectivity index (χ3n) is 11.3. The van der Waals surface area contributed by atoms with Gasteiger partial charge < -0.3 is 10.2 Å². The Morgan fingerprint density at radius 1 is 0.531 bits per heavy atom. The van der Waals surface area contributed by atoms with Crippen molar-refractivity contribution < 1.29 is 10.2 Å². The zero-order valence-electron chi connectivity index (χ0n) is 19.2. The van der Waals surface area contributed by atoms with Crippen LogP contribution in [0, 0.1) is 35.5 Å². The van der Waals surface area contributed by atoms with E-state index in [1.807, 2.05) is 0 Å². The van der Waals surface area contributed by atoms with Crippen LogP contribution in [0.15, 0.2) is 24.3 Å². The highest BCUT2D eigenvalue weighted by Gasteiger charge is 2.54. The first-order chi connectivity index (χ1) is 15.5. The van der Waals surface area contributed by atoms with Crippen LogP contribution >= 0.6 is 0 Å². The highest BCUT2D eigenvalue weighted by atomic mass is 16.3. The van der Waals surface area contributed by atoms with E-state index in [1.54, 1.807) is 6.07 Å². The fourth-order valence-corrected chi connectivity index (χ4v) is 11.2. The quantitative estimate of drug-likeness (QED) is 0.531. The smallest absolute Gasteiger partial charge is 0.127 e. The van der Waals surface area contributed by atoms with E-state index in [1.165, 1.54) is 88.2 Å². The molecule has 8 bridgehead atoms. The van der Waals surface area contributed by atoms with Gasteiger partial charge in [0, 0.05) is 22.4 Å². The Morgan fingerprint density at radius 3 is 1.50 bits per heavy atom. The predicted octanol–water partition coefficient (Wildman–Crippen LogP) is 7.19. The van der Waals surface area contributed by atoms with Crippen LogP contribution in [-0.2, 0) is 10.8 Å². The Morgan fingerprint density at radius 2 is 1.00 bits per heavy atom. The van der Waals surface area contributed by atoms with Crippen molar-refractivity contribution in [1.29, 1.82) is 0 Å². The number of hydrogen-bond acceptors (Lipinski definition) is 2. The Hall–Kier alpha value is -1.70. The number of aromatic hydroxyl groups is 2. The van der Waals surface area contributed by atoms with E-state index in [0.717, 1.165) is 46.3 Å². The van der Waals surface area contributed by atoms with Crippen LogP contribution in [0.25, 0.3) is 10.8 Å². The predicted molar refractivity (Wildman–Crippen MR) is 127 cm³/mol. The van der Waals surface area contributed by atoms with Crippen molar-refractivity contribution in [3.05, 3.63) is 35.4 Å². The Bertz CT molecular complexity index is 1060. The summed E-state index contributed by atoms with van der Waals surface area (Å²) in [7, 11) is 0. The van der Waals surface area contributed by atoms with Gasteiger partial charge in [0.2, 0.25) is 0 Å². The second-order valence-corrected chi connectivity index (χ2v) is 13.4. The molecule has 32 heavy (non-hydrogen) atoms. The Kier molecular flexibility index (Phi) is 3.53. The van der Waals surface area contributed by atoms with E-state index in [-0.39, 0.29) is 11.2 Å². The second kappa shape index (κ2) is 6.05. The van der Waals surface area contributed by atoms with Gasteiger partial charge in [-0.15, -0.1) is 0 Å². The first-order valence-electron chi connectivity index (χ1n) is 13.5. The minimum Gasteiger partial charge on any atom is -0.507 e. The van der Waals surface area contributed by atoms with Crippen LogP contribution in [0.2, 0.25) is 0 Å². The van der Waals surface area contributed by atoms with Crippen molar-refractivity contribution in [1.82, 2.24) is 0 Å². The van der Waals surface area contributed by atoms with Gasteiger partial charge in [0.15, 0.2) is 0 Å². The van der Waals surface area contributed by atoms with Crippen LogP contribution in [0.1, 0.15) is 88.2 Å². The molecule has 10 rings (SSSR count). The zero-order valence-corrected chi connectivity index (χ0v) is 19.2. The average molecular weight is 429 g/mol. The molecule has 2 nitrogen and oxygen atoms in total. The molecule has 0 radical (unpaired) electrons. The highest BCUT2D eigenvalue weighted by Crippen LogP contribution is 2.64. The number of phenolic OH excluding ortho intramolecular Hbond substituents is 2. The van der Waals surface area contributed by atoms with Crippen molar-refractivity contribution in [2.24, 2.45) is 35.5 Å². The lowest BCUT2D eigenvalue weighted by Gasteiger charge is -2.57. The van der Waals surface area contributed by atoms with Crippen LogP contribution in [0.3, 0.4) is 0 Å². The van der Waals surface area contributed by atoms with Crippen molar-refractivity contribution in [2.45, 2.75) is 87.9 Å². The van der Waals surface area contributed by atoms with Gasteiger partial charge in [0.05, 0.1) is 0 Å². The topological polar surface area (TPSA) is 40.5 Å². The summed E-state index contributed by atoms with van der Waals surface area (Å²) < 4.78 is 0. The summed E-state index contributed by atoms with van der Waals surface area (Å²) in [6.45, 7) is 0. The SMILES string of the molecule is Oc1cc(O)c2cc(C34CC5CC(CC(C5)C3)C4)ccc2c1C12CC3CC(CC(C3)C1)C2. The molecule has 0 amide bonds. The molecule has 0 aliphatic heterocycles. The first kappa shape index (κ1) is 18.7. The fourth-order valence-electron chi connectivity index (χ4n) is 11.2. The molecule has 2 aromatic rings. The van der Waals surface area contributed by atoms with Crippen molar-refractivity contribution in [3.8, 4) is 11.5 Å². The molecule has 0 heterocycles. The van der Waals surface area contributed by atoms with Crippen molar-refractivity contribution >= 4 is 10.8 Å². The molecule has 2 N–H and O–H groups in total. The lowest BCUT2D eigenvalue weighted by Crippen LogP contribution is -2.48. The van der Waals surface area contributed by atoms with Gasteiger partial charge in [-0.2, -0.15) is 0 Å². The summed E-state index contributed by atoms with van der Waals surface area (Å²) in [6, 6.07) is 8.73. The summed E-state index contributed by atoms with van der Waals surface area (Å²) in [5.74, 6) is 5.92. The fraction of sp³-hybridized carbons (Fsp3) is 0.667. The number of fused-ring (bicyclic) bond motifs is 1. The van der Waals surface area contributed by atoms with Gasteiger partial charge in [-0.3, -0.25) is 0 Å². The normalized spacial score (nSPS) is 45.8. The molecule has 8 aliphatic carbocycles. The molecule has 0 aromatic heterocycles. The maximum Gasteiger partial charge on any atom is 0.127 e. The Labute approximate surface area is 191 Å². The van der Waals surface area contributed by atoms with Gasteiger partial charge in [-0.25, -0.2) is 0 Å². The first-order valence-corrected chi connectivity index (χ1v) is 13.5. The van der Waals surface area contributed by atoms with E-state index >= 15 is 0 Å². The largest absolute Gasteiger partial charge is 0.507 e. The van der Waals surface area contributed by atoms with Gasteiger partial charge >= 0.3 is 0 Å². The zero-order chi connectivity index (χ0) is 21.2. The van der Waals surface area contributed by atoms with Crippen LogP contribution in [0.4, 0.5) is 0 Å². The lowest BCUT2D eigenvalue weighted by atomic mass is 9.47. The maximum absolute atomic E-state index is 11.2. The molecule has 0 atom stereocenters. The molecule has 0 spiro atoms. The van der Waals surface area contributed by atoms with E-state index < -0.39 is 0 Å². The minimum absolute atomic E-state index is 0.132. The molecule has 0 saturated heterocycles. The lowest BCUT2D eigenvalue weighted by molar-refractivity contribution is -0.00550. The molecule has 8 aliphatic rings. The van der Waals surface area contributed by atoms with Gasteiger partial charge in [-0.05, 0) is 135 Å². The van der Waals surface area contributed by atoms with Crippen LogP contribution in [0.5, 0.6) is 11.5 Å². The van der Waals surface area contributed by atoms with E-state index in [2.05, 4.69) is 18.2 Å². The molecule has 168 valence electrons. The monoisotopic (exact) mass is 428 g/mol. The number of rotatable bonds is 2. The summed E-state index contributed by atoms with van der Waals surface area (Å²) in [5, 5.41) is 24.3. The van der Waals surface area contributed by atoms with Gasteiger partial charge in [0.1, 0.15) is 11.5 Å². The number of benzene rings is 2. The molecular formula is C30H36O2. The van der Waals surface area contributed by atoms with E-state index in [4.69, 9.17) is 0 Å². The van der Waals surface area contributed by atoms with E-state index in [9.17, 15) is 10.2 Å². The van der Waals surface area contributed by atoms with Crippen LogP contribution < -0.4 is 0 Å². The highest BCUT2D eigenvalue weighted by molar-refractivity contribution is 5.94. The molecule has 0 unspecified atom stereocenters. The summed E-state index contributed by atoms with van der Waals surface area (Å²) in [5.41, 5.74) is 3.13. The minimum atomic E-state index is 0.132. The molecular weight excluding hydrogens is 392 g/mol. The number of phenols is 2. The number of hydrogen-bond donors (Lipinski definition) is 2. The molecule has 2 heteroatoms. The third-order valence-corrected chi connectivity index (χ3v) is 11.3. The molecule has 8 fully saturated rings. The summed E-state index contributed by atoms with van der Waals surface area (Å²) in [4.78, 5) is 0. The van der Waals surface area contributed by atoms with Crippen molar-refractivity contribution in [2.75, 3.05) is 0 Å². The standard InChI is InChI=1S/C30H36O2/c31-26-10-27(32)28(30-14-20-6-21(15-30)8-22(7-20)16-30)24-2-1-23(9-25(24)26)29-11-17-3-18(12-29)5-19(4-17)13-29/h1-2,9-10,17-22,31-32H,3-8,11-16H2. The Balaban J connectivity index is 1.28. The maximum atomic E-state index is 11.2. The van der Waals surface area contributed by atoms with Gasteiger partial charge in [0.25, 0.3) is 0 Å². The van der Waals surface area contributed by atoms with Gasteiger partial charge in [-0.1, -0.05) is 12.1 Å². The molecule has 8 saturated carbocycles. The second-order valence-electron chi connectivity index (χ2n) is 13.4. The van der Waals surface area contributed by atoms with Crippen LogP contribution in [-0.4, -0.2) is 10.2 Å². The summed E-state index contributed by atoms with van der Waals surface area (Å²) in [6.07, 6.45) is 16.4. The molecule has 2 aromatic carbocycles. The summed E-state index contributed by atoms with van der Waals surface area (Å²) >= 11 is 0. The van der Waals surface area contributed by atoms with Crippen molar-refractivity contribution in [3.63, 3.8) is 0 Å². The average Bonchev–Trinajstić information content (AvgIpc) is 2.71. The van der Waals surface area contributed by atoms with E-state index in [0.29, 0.717) is 11.2 Å². The third kappa shape index (κ3) is 2.42.